The Hall–Kier alpha value is -3.81. The van der Waals surface area contributed by atoms with Crippen molar-refractivity contribution in [2.24, 2.45) is 0 Å². The van der Waals surface area contributed by atoms with Gasteiger partial charge in [-0.1, -0.05) is 0 Å². The van der Waals surface area contributed by atoms with E-state index in [4.69, 9.17) is 4.74 Å². The SMILES string of the molecule is CCNC(=O)n1c(C)cc2cc(Oc3ccnn4cc(C(=O)O)c(C)c34)ccc21. The number of aromatic carboxylic acids is 1. The van der Waals surface area contributed by atoms with Crippen LogP contribution in [0.1, 0.15) is 28.5 Å². The van der Waals surface area contributed by atoms with Gasteiger partial charge in [0.25, 0.3) is 0 Å². The van der Waals surface area contributed by atoms with Crippen LogP contribution < -0.4 is 10.1 Å². The van der Waals surface area contributed by atoms with Gasteiger partial charge >= 0.3 is 12.0 Å². The van der Waals surface area contributed by atoms with Gasteiger partial charge in [0, 0.05) is 29.9 Å². The molecule has 8 heteroatoms. The summed E-state index contributed by atoms with van der Waals surface area (Å²) in [4.78, 5) is 23.7. The minimum Gasteiger partial charge on any atom is -0.478 e. The minimum absolute atomic E-state index is 0.172. The summed E-state index contributed by atoms with van der Waals surface area (Å²) in [5.74, 6) is 0.0721. The largest absolute Gasteiger partial charge is 0.478 e. The number of benzene rings is 1. The first-order valence-electron chi connectivity index (χ1n) is 9.19. The number of ether oxygens (including phenoxy) is 1. The monoisotopic (exact) mass is 392 g/mol. The van der Waals surface area contributed by atoms with Crippen LogP contribution in [-0.2, 0) is 0 Å². The van der Waals surface area contributed by atoms with Crippen molar-refractivity contribution in [3.63, 3.8) is 0 Å². The number of nitrogens with one attached hydrogen (secondary N) is 1. The van der Waals surface area contributed by atoms with Crippen LogP contribution in [0.5, 0.6) is 11.5 Å². The number of carbonyl (C=O) groups excluding carboxylic acids is 1. The van der Waals surface area contributed by atoms with Crippen LogP contribution >= 0.6 is 0 Å². The smallest absolute Gasteiger partial charge is 0.337 e. The molecule has 0 aliphatic carbocycles. The fourth-order valence-corrected chi connectivity index (χ4v) is 3.54. The van der Waals surface area contributed by atoms with Crippen LogP contribution in [0, 0.1) is 13.8 Å². The summed E-state index contributed by atoms with van der Waals surface area (Å²) >= 11 is 0. The lowest BCUT2D eigenvalue weighted by Crippen LogP contribution is -2.28. The molecule has 0 aliphatic rings. The first-order valence-corrected chi connectivity index (χ1v) is 9.19. The summed E-state index contributed by atoms with van der Waals surface area (Å²) in [5.41, 5.74) is 2.97. The highest BCUT2D eigenvalue weighted by molar-refractivity contribution is 5.94. The van der Waals surface area contributed by atoms with Gasteiger partial charge < -0.3 is 15.2 Å². The van der Waals surface area contributed by atoms with E-state index in [1.54, 1.807) is 29.8 Å². The Balaban J connectivity index is 1.75. The van der Waals surface area contributed by atoms with Crippen molar-refractivity contribution in [1.29, 1.82) is 0 Å². The van der Waals surface area contributed by atoms with E-state index in [2.05, 4.69) is 10.4 Å². The van der Waals surface area contributed by atoms with Crippen LogP contribution in [0.4, 0.5) is 4.79 Å². The van der Waals surface area contributed by atoms with Crippen molar-refractivity contribution in [1.82, 2.24) is 19.5 Å². The number of aromatic nitrogens is 3. The first-order chi connectivity index (χ1) is 13.9. The van der Waals surface area contributed by atoms with Crippen LogP contribution in [0.25, 0.3) is 16.4 Å². The third-order valence-electron chi connectivity index (χ3n) is 4.84. The third kappa shape index (κ3) is 3.08. The normalized spacial score (nSPS) is 11.1. The van der Waals surface area contributed by atoms with Crippen LogP contribution in [0.2, 0.25) is 0 Å². The minimum atomic E-state index is -1.01. The maximum atomic E-state index is 12.3. The highest BCUT2D eigenvalue weighted by Crippen LogP contribution is 2.32. The zero-order chi connectivity index (χ0) is 20.7. The number of fused-ring (bicyclic) bond motifs is 2. The fraction of sp³-hybridized carbons (Fsp3) is 0.190. The third-order valence-corrected chi connectivity index (χ3v) is 4.84. The van der Waals surface area contributed by atoms with E-state index < -0.39 is 5.97 Å². The average molecular weight is 392 g/mol. The number of rotatable bonds is 4. The molecule has 0 atom stereocenters. The molecule has 0 saturated carbocycles. The summed E-state index contributed by atoms with van der Waals surface area (Å²) in [5, 5.41) is 17.2. The van der Waals surface area contributed by atoms with Crippen LogP contribution in [0.15, 0.2) is 42.7 Å². The molecule has 1 aromatic carbocycles. The molecule has 0 aliphatic heterocycles. The zero-order valence-electron chi connectivity index (χ0n) is 16.3. The molecule has 3 heterocycles. The van der Waals surface area contributed by atoms with Gasteiger partial charge in [0.1, 0.15) is 11.3 Å². The highest BCUT2D eigenvalue weighted by Gasteiger charge is 2.18. The summed E-state index contributed by atoms with van der Waals surface area (Å²) in [6, 6.07) is 8.91. The molecule has 0 saturated heterocycles. The predicted molar refractivity (Wildman–Crippen MR) is 108 cm³/mol. The molecule has 0 fully saturated rings. The summed E-state index contributed by atoms with van der Waals surface area (Å²) < 4.78 is 9.20. The number of carbonyl (C=O) groups is 2. The molecule has 8 nitrogen and oxygen atoms in total. The van der Waals surface area contributed by atoms with Crippen molar-refractivity contribution in [2.45, 2.75) is 20.8 Å². The fourth-order valence-electron chi connectivity index (χ4n) is 3.54. The van der Waals surface area contributed by atoms with E-state index >= 15 is 0 Å². The Kier molecular flexibility index (Phi) is 4.46. The molecular formula is C21H20N4O4. The van der Waals surface area contributed by atoms with Crippen molar-refractivity contribution in [3.05, 3.63) is 59.5 Å². The zero-order valence-corrected chi connectivity index (χ0v) is 16.3. The predicted octanol–water partition coefficient (Wildman–Crippen LogP) is 3.97. The number of carboxylic acids is 1. The number of carboxylic acid groups (broad SMARTS) is 1. The molecule has 0 spiro atoms. The average Bonchev–Trinajstić information content (AvgIpc) is 3.18. The molecular weight excluding hydrogens is 372 g/mol. The molecule has 3 aromatic heterocycles. The molecule has 2 N–H and O–H groups in total. The van der Waals surface area contributed by atoms with Crippen molar-refractivity contribution < 1.29 is 19.4 Å². The molecule has 4 aromatic rings. The highest BCUT2D eigenvalue weighted by atomic mass is 16.5. The van der Waals surface area contributed by atoms with E-state index in [1.165, 1.54) is 10.7 Å². The topological polar surface area (TPSA) is 97.9 Å². The summed E-state index contributed by atoms with van der Waals surface area (Å²) in [6.45, 7) is 6.03. The van der Waals surface area contributed by atoms with Gasteiger partial charge in [-0.15, -0.1) is 0 Å². The lowest BCUT2D eigenvalue weighted by Gasteiger charge is -2.10. The number of aryl methyl sites for hydroxylation is 2. The number of nitrogens with zero attached hydrogens (tertiary/aromatic N) is 3. The van der Waals surface area contributed by atoms with Gasteiger partial charge in [-0.05, 0) is 50.6 Å². The van der Waals surface area contributed by atoms with Gasteiger partial charge in [0.15, 0.2) is 5.75 Å². The number of hydrogen-bond acceptors (Lipinski definition) is 4. The van der Waals surface area contributed by atoms with E-state index in [0.717, 1.165) is 16.6 Å². The summed E-state index contributed by atoms with van der Waals surface area (Å²) in [6.07, 6.45) is 3.03. The number of hydrogen-bond donors (Lipinski definition) is 2. The maximum Gasteiger partial charge on any atom is 0.337 e. The first kappa shape index (κ1) is 18.5. The van der Waals surface area contributed by atoms with Crippen LogP contribution in [0.3, 0.4) is 0 Å². The Morgan fingerprint density at radius 2 is 2.00 bits per heavy atom. The van der Waals surface area contributed by atoms with Gasteiger partial charge in [-0.3, -0.25) is 4.57 Å². The van der Waals surface area contributed by atoms with E-state index in [0.29, 0.717) is 29.1 Å². The Bertz CT molecular complexity index is 1270. The van der Waals surface area contributed by atoms with Crippen molar-refractivity contribution in [2.75, 3.05) is 6.54 Å². The van der Waals surface area contributed by atoms with Gasteiger partial charge in [-0.25, -0.2) is 14.1 Å². The second-order valence-corrected chi connectivity index (χ2v) is 6.74. The Morgan fingerprint density at radius 1 is 1.21 bits per heavy atom. The second kappa shape index (κ2) is 6.97. The van der Waals surface area contributed by atoms with E-state index in [-0.39, 0.29) is 11.6 Å². The maximum absolute atomic E-state index is 12.3. The molecule has 29 heavy (non-hydrogen) atoms. The molecule has 4 rings (SSSR count). The van der Waals surface area contributed by atoms with Crippen LogP contribution in [-0.4, -0.2) is 37.8 Å². The lowest BCUT2D eigenvalue weighted by molar-refractivity contribution is 0.0696. The van der Waals surface area contributed by atoms with E-state index in [9.17, 15) is 14.7 Å². The van der Waals surface area contributed by atoms with Gasteiger partial charge in [0.05, 0.1) is 17.3 Å². The van der Waals surface area contributed by atoms with Gasteiger partial charge in [-0.2, -0.15) is 5.10 Å². The lowest BCUT2D eigenvalue weighted by atomic mass is 10.2. The quantitative estimate of drug-likeness (QED) is 0.548. The van der Waals surface area contributed by atoms with Crippen molar-refractivity contribution in [3.8, 4) is 11.5 Å². The Labute approximate surface area is 166 Å². The molecule has 0 unspecified atom stereocenters. The second-order valence-electron chi connectivity index (χ2n) is 6.74. The molecule has 1 amide bonds. The van der Waals surface area contributed by atoms with Gasteiger partial charge in [0.2, 0.25) is 0 Å². The van der Waals surface area contributed by atoms with E-state index in [1.807, 2.05) is 32.0 Å². The standard InChI is InChI=1S/C21H20N4O4/c1-4-22-21(28)25-12(2)9-14-10-15(5-6-17(14)25)29-18-7-8-23-24-11-16(20(26)27)13(3)19(18)24/h5-11H,4H2,1-3H3,(H,22,28)(H,26,27). The number of amides is 1. The molecule has 148 valence electrons. The Morgan fingerprint density at radius 3 is 2.72 bits per heavy atom. The summed E-state index contributed by atoms with van der Waals surface area (Å²) in [7, 11) is 0. The van der Waals surface area contributed by atoms with Crippen molar-refractivity contribution >= 4 is 28.4 Å². The molecule has 0 bridgehead atoms. The molecule has 0 radical (unpaired) electrons.